The van der Waals surface area contributed by atoms with Crippen molar-refractivity contribution in [1.29, 1.82) is 0 Å². The van der Waals surface area contributed by atoms with Crippen molar-refractivity contribution in [3.05, 3.63) is 95.1 Å². The zero-order valence-corrected chi connectivity index (χ0v) is 23.2. The Bertz CT molecular complexity index is 1480. The van der Waals surface area contributed by atoms with Gasteiger partial charge in [-0.15, -0.1) is 0 Å². The van der Waals surface area contributed by atoms with Crippen molar-refractivity contribution >= 4 is 15.9 Å². The lowest BCUT2D eigenvalue weighted by molar-refractivity contribution is -0.137. The highest BCUT2D eigenvalue weighted by molar-refractivity contribution is 7.89. The highest BCUT2D eigenvalue weighted by Gasteiger charge is 2.33. The summed E-state index contributed by atoms with van der Waals surface area (Å²) >= 11 is 0. The number of amides is 1. The van der Waals surface area contributed by atoms with Gasteiger partial charge in [0.05, 0.1) is 29.1 Å². The van der Waals surface area contributed by atoms with Gasteiger partial charge in [-0.05, 0) is 61.3 Å². The van der Waals surface area contributed by atoms with Crippen molar-refractivity contribution in [2.45, 2.75) is 55.4 Å². The molecule has 2 aliphatic rings. The number of carbonyl (C=O) groups excluding carboxylic acids is 1. The largest absolute Gasteiger partial charge is 0.493 e. The Kier molecular flexibility index (Phi) is 8.67. The molecule has 1 fully saturated rings. The Morgan fingerprint density at radius 2 is 1.76 bits per heavy atom. The van der Waals surface area contributed by atoms with E-state index in [9.17, 15) is 26.4 Å². The normalized spacial score (nSPS) is 18.4. The molecule has 2 atom stereocenters. The van der Waals surface area contributed by atoms with Crippen molar-refractivity contribution in [2.24, 2.45) is 0 Å². The third-order valence-corrected chi connectivity index (χ3v) is 8.89. The lowest BCUT2D eigenvalue weighted by Crippen LogP contribution is -2.36. The predicted molar refractivity (Wildman–Crippen MR) is 148 cm³/mol. The number of nitrogens with one attached hydrogen (secondary N) is 2. The number of rotatable bonds is 9. The number of fused-ring (bicyclic) bond motifs is 1. The maximum atomic E-state index is 13.3. The molecule has 2 aliphatic heterocycles. The third-order valence-electron chi connectivity index (χ3n) is 7.42. The molecule has 2 N–H and O–H groups in total. The summed E-state index contributed by atoms with van der Waals surface area (Å²) < 4.78 is 74.3. The zero-order valence-electron chi connectivity index (χ0n) is 22.4. The van der Waals surface area contributed by atoms with Crippen LogP contribution in [0.3, 0.4) is 0 Å². The summed E-state index contributed by atoms with van der Waals surface area (Å²) in [6.45, 7) is 3.43. The molecule has 5 rings (SSSR count). The number of alkyl halides is 3. The first kappa shape index (κ1) is 29.1. The maximum absolute atomic E-state index is 13.3. The molecule has 2 heterocycles. The first-order valence-corrected chi connectivity index (χ1v) is 15.1. The zero-order chi connectivity index (χ0) is 29.0. The van der Waals surface area contributed by atoms with E-state index < -0.39 is 38.6 Å². The Morgan fingerprint density at radius 3 is 2.49 bits per heavy atom. The van der Waals surface area contributed by atoms with E-state index in [0.717, 1.165) is 54.7 Å². The second-order valence-electron chi connectivity index (χ2n) is 10.4. The van der Waals surface area contributed by atoms with Gasteiger partial charge in [0.2, 0.25) is 15.9 Å². The van der Waals surface area contributed by atoms with Crippen LogP contribution in [-0.2, 0) is 27.5 Å². The fraction of sp³-hybridized carbons (Fsp3) is 0.367. The number of nitrogens with zero attached hydrogens (tertiary/aromatic N) is 1. The highest BCUT2D eigenvalue weighted by atomic mass is 32.2. The number of sulfonamides is 1. The second kappa shape index (κ2) is 12.2. The van der Waals surface area contributed by atoms with Crippen molar-refractivity contribution in [2.75, 3.05) is 19.7 Å². The standard InChI is InChI=1S/C30H32F3N3O4S/c31-30(32,33)23-9-6-10-24(18-23)41(38,39)35-27(22-7-2-1-3-8-22)19-29(37)34-26-13-16-40-28-17-21(11-12-25(26)28)20-36-14-4-5-15-36/h1-3,6-12,17-18,26-27,35H,4-5,13-16,19-20H2,(H,34,37). The van der Waals surface area contributed by atoms with Gasteiger partial charge in [-0.2, -0.15) is 13.2 Å². The van der Waals surface area contributed by atoms with E-state index in [0.29, 0.717) is 24.7 Å². The molecular weight excluding hydrogens is 555 g/mol. The van der Waals surface area contributed by atoms with Gasteiger partial charge in [-0.3, -0.25) is 9.69 Å². The Morgan fingerprint density at radius 1 is 1.00 bits per heavy atom. The average Bonchev–Trinajstić information content (AvgIpc) is 3.46. The summed E-state index contributed by atoms with van der Waals surface area (Å²) in [5, 5.41) is 3.01. The lowest BCUT2D eigenvalue weighted by Gasteiger charge is -2.28. The summed E-state index contributed by atoms with van der Waals surface area (Å²) in [4.78, 5) is 15.1. The lowest BCUT2D eigenvalue weighted by atomic mass is 9.97. The minimum atomic E-state index is -4.70. The van der Waals surface area contributed by atoms with E-state index in [2.05, 4.69) is 14.9 Å². The van der Waals surface area contributed by atoms with Crippen molar-refractivity contribution < 1.29 is 31.1 Å². The summed E-state index contributed by atoms with van der Waals surface area (Å²) in [6, 6.07) is 16.7. The van der Waals surface area contributed by atoms with Gasteiger partial charge in [0.25, 0.3) is 0 Å². The molecule has 1 amide bonds. The number of hydrogen-bond acceptors (Lipinski definition) is 5. The van der Waals surface area contributed by atoms with Crippen LogP contribution in [0, 0.1) is 0 Å². The van der Waals surface area contributed by atoms with Crippen molar-refractivity contribution in [3.63, 3.8) is 0 Å². The number of carbonyl (C=O) groups is 1. The van der Waals surface area contributed by atoms with Gasteiger partial charge >= 0.3 is 6.18 Å². The Labute approximate surface area is 237 Å². The predicted octanol–water partition coefficient (Wildman–Crippen LogP) is 5.35. The molecule has 3 aromatic carbocycles. The van der Waals surface area contributed by atoms with Crippen LogP contribution in [0.1, 0.15) is 60.0 Å². The van der Waals surface area contributed by atoms with Crippen LogP contribution in [-0.4, -0.2) is 38.9 Å². The maximum Gasteiger partial charge on any atom is 0.416 e. The van der Waals surface area contributed by atoms with E-state index >= 15 is 0 Å². The van der Waals surface area contributed by atoms with E-state index in [1.165, 1.54) is 12.8 Å². The van der Waals surface area contributed by atoms with Crippen molar-refractivity contribution in [1.82, 2.24) is 14.9 Å². The van der Waals surface area contributed by atoms with Crippen LogP contribution in [0.15, 0.2) is 77.7 Å². The molecule has 0 saturated carbocycles. The average molecular weight is 588 g/mol. The highest BCUT2D eigenvalue weighted by Crippen LogP contribution is 2.34. The first-order valence-electron chi connectivity index (χ1n) is 13.6. The van der Waals surface area contributed by atoms with Gasteiger partial charge in [-0.25, -0.2) is 13.1 Å². The van der Waals surface area contributed by atoms with E-state index in [4.69, 9.17) is 4.74 Å². The molecule has 11 heteroatoms. The summed E-state index contributed by atoms with van der Waals surface area (Å²) in [5.41, 5.74) is 1.44. The van der Waals surface area contributed by atoms with Gasteiger partial charge < -0.3 is 10.1 Å². The van der Waals surface area contributed by atoms with E-state index in [-0.39, 0.29) is 12.5 Å². The Balaban J connectivity index is 1.31. The molecule has 41 heavy (non-hydrogen) atoms. The molecule has 3 aromatic rings. The van der Waals surface area contributed by atoms with Crippen LogP contribution < -0.4 is 14.8 Å². The monoisotopic (exact) mass is 587 g/mol. The molecule has 1 saturated heterocycles. The quantitative estimate of drug-likeness (QED) is 0.353. The molecule has 0 bridgehead atoms. The van der Waals surface area contributed by atoms with Crippen LogP contribution >= 0.6 is 0 Å². The summed E-state index contributed by atoms with van der Waals surface area (Å²) in [5.74, 6) is 0.327. The minimum absolute atomic E-state index is 0.248. The SMILES string of the molecule is O=C(CC(NS(=O)(=O)c1cccc(C(F)(F)F)c1)c1ccccc1)NC1CCOc2cc(CN3CCCC3)ccc21. The van der Waals surface area contributed by atoms with Crippen LogP contribution in [0.4, 0.5) is 13.2 Å². The van der Waals surface area contributed by atoms with E-state index in [1.807, 2.05) is 18.2 Å². The fourth-order valence-electron chi connectivity index (χ4n) is 5.33. The minimum Gasteiger partial charge on any atom is -0.493 e. The molecule has 0 aliphatic carbocycles. The molecule has 218 valence electrons. The summed E-state index contributed by atoms with van der Waals surface area (Å²) in [6.07, 6.45) is -1.98. The third kappa shape index (κ3) is 7.27. The molecule has 7 nitrogen and oxygen atoms in total. The number of likely N-dealkylation sites (tertiary alicyclic amines) is 1. The molecule has 2 unspecified atom stereocenters. The molecular formula is C30H32F3N3O4S. The fourth-order valence-corrected chi connectivity index (χ4v) is 6.60. The second-order valence-corrected chi connectivity index (χ2v) is 12.1. The van der Waals surface area contributed by atoms with Gasteiger partial charge in [0.15, 0.2) is 0 Å². The van der Waals surface area contributed by atoms with Crippen LogP contribution in [0.2, 0.25) is 0 Å². The molecule has 0 radical (unpaired) electrons. The topological polar surface area (TPSA) is 87.7 Å². The number of halogens is 3. The van der Waals surface area contributed by atoms with Gasteiger partial charge in [0.1, 0.15) is 5.75 Å². The van der Waals surface area contributed by atoms with Gasteiger partial charge in [0, 0.05) is 24.9 Å². The van der Waals surface area contributed by atoms with Crippen LogP contribution in [0.25, 0.3) is 0 Å². The summed E-state index contributed by atoms with van der Waals surface area (Å²) in [7, 11) is -4.39. The molecule has 0 aromatic heterocycles. The van der Waals surface area contributed by atoms with E-state index in [1.54, 1.807) is 30.3 Å². The first-order chi connectivity index (χ1) is 19.6. The molecule has 0 spiro atoms. The number of hydrogen-bond donors (Lipinski definition) is 2. The smallest absolute Gasteiger partial charge is 0.416 e. The Hall–Kier alpha value is -3.41. The van der Waals surface area contributed by atoms with Crippen LogP contribution in [0.5, 0.6) is 5.75 Å². The van der Waals surface area contributed by atoms with Gasteiger partial charge in [-0.1, -0.05) is 48.5 Å². The number of benzene rings is 3. The number of ether oxygens (including phenoxy) is 1. The van der Waals surface area contributed by atoms with Crippen molar-refractivity contribution in [3.8, 4) is 5.75 Å².